The van der Waals surface area contributed by atoms with Crippen molar-refractivity contribution in [2.24, 2.45) is 0 Å². The maximum atomic E-state index is 12.4. The fourth-order valence-electron chi connectivity index (χ4n) is 2.10. The van der Waals surface area contributed by atoms with Gasteiger partial charge in [-0.25, -0.2) is 9.59 Å². The topological polar surface area (TPSA) is 64.6 Å². The number of carbonyl (C=O) groups is 2. The summed E-state index contributed by atoms with van der Waals surface area (Å²) in [6, 6.07) is 12.4. The van der Waals surface area contributed by atoms with E-state index in [0.29, 0.717) is 6.42 Å². The second kappa shape index (κ2) is 8.67. The molecule has 134 valence electrons. The van der Waals surface area contributed by atoms with Crippen molar-refractivity contribution >= 4 is 23.4 Å². The number of hydrogen-bond acceptors (Lipinski definition) is 5. The van der Waals surface area contributed by atoms with Gasteiger partial charge in [-0.2, -0.15) is 0 Å². The predicted octanol–water partition coefficient (Wildman–Crippen LogP) is 3.93. The zero-order valence-electron chi connectivity index (χ0n) is 14.7. The molecule has 0 aliphatic heterocycles. The molecule has 1 heterocycles. The van der Waals surface area contributed by atoms with Crippen molar-refractivity contribution in [1.29, 1.82) is 0 Å². The fourth-order valence-corrected chi connectivity index (χ4v) is 2.86. The van der Waals surface area contributed by atoms with E-state index in [2.05, 4.69) is 5.32 Å². The van der Waals surface area contributed by atoms with E-state index in [9.17, 15) is 9.59 Å². The van der Waals surface area contributed by atoms with Crippen LogP contribution >= 0.6 is 11.3 Å². The average Bonchev–Trinajstić information content (AvgIpc) is 3.05. The zero-order valence-corrected chi connectivity index (χ0v) is 15.5. The molecular weight excluding hydrogens is 338 g/mol. The molecule has 0 unspecified atom stereocenters. The number of benzene rings is 1. The number of hydrogen-bond donors (Lipinski definition) is 1. The van der Waals surface area contributed by atoms with Crippen LogP contribution in [0.15, 0.2) is 47.8 Å². The SMILES string of the molecule is CC(C)(C)OC(=O)[C@@H](Cc1cccs1)NC(=O)OCc1ccccc1. The molecule has 0 radical (unpaired) electrons. The summed E-state index contributed by atoms with van der Waals surface area (Å²) in [5.74, 6) is -0.474. The third kappa shape index (κ3) is 6.97. The highest BCUT2D eigenvalue weighted by Crippen LogP contribution is 2.15. The molecule has 1 aromatic carbocycles. The second-order valence-corrected chi connectivity index (χ2v) is 7.61. The average molecular weight is 361 g/mol. The maximum Gasteiger partial charge on any atom is 0.408 e. The van der Waals surface area contributed by atoms with Gasteiger partial charge in [-0.1, -0.05) is 36.4 Å². The Morgan fingerprint density at radius 3 is 2.44 bits per heavy atom. The molecule has 0 bridgehead atoms. The Bertz CT molecular complexity index is 677. The van der Waals surface area contributed by atoms with Gasteiger partial charge in [0.15, 0.2) is 0 Å². The smallest absolute Gasteiger partial charge is 0.408 e. The number of alkyl carbamates (subject to hydrolysis) is 1. The largest absolute Gasteiger partial charge is 0.458 e. The number of amides is 1. The van der Waals surface area contributed by atoms with E-state index in [4.69, 9.17) is 9.47 Å². The van der Waals surface area contributed by atoms with Crippen molar-refractivity contribution < 1.29 is 19.1 Å². The number of carbonyl (C=O) groups excluding carboxylic acids is 2. The molecule has 0 fully saturated rings. The summed E-state index contributed by atoms with van der Waals surface area (Å²) < 4.78 is 10.6. The highest BCUT2D eigenvalue weighted by molar-refractivity contribution is 7.09. The Hall–Kier alpha value is -2.34. The quantitative estimate of drug-likeness (QED) is 0.792. The highest BCUT2D eigenvalue weighted by Gasteiger charge is 2.27. The van der Waals surface area contributed by atoms with Crippen molar-refractivity contribution in [1.82, 2.24) is 5.32 Å². The fraction of sp³-hybridized carbons (Fsp3) is 0.368. The molecule has 6 heteroatoms. The van der Waals surface area contributed by atoms with Gasteiger partial charge in [0.25, 0.3) is 0 Å². The standard InChI is InChI=1S/C19H23NO4S/c1-19(2,3)24-17(21)16(12-15-10-7-11-25-15)20-18(22)23-13-14-8-5-4-6-9-14/h4-11,16H,12-13H2,1-3H3,(H,20,22)/t16-/m1/s1. The molecule has 0 saturated carbocycles. The molecule has 0 aliphatic carbocycles. The molecule has 25 heavy (non-hydrogen) atoms. The molecule has 0 spiro atoms. The first-order valence-corrected chi connectivity index (χ1v) is 8.94. The lowest BCUT2D eigenvalue weighted by Crippen LogP contribution is -2.45. The van der Waals surface area contributed by atoms with Gasteiger partial charge >= 0.3 is 12.1 Å². The molecule has 1 aromatic heterocycles. The Balaban J connectivity index is 1.96. The highest BCUT2D eigenvalue weighted by atomic mass is 32.1. The Morgan fingerprint density at radius 2 is 1.84 bits per heavy atom. The van der Waals surface area contributed by atoms with Gasteiger partial charge in [0.1, 0.15) is 18.2 Å². The van der Waals surface area contributed by atoms with Crippen LogP contribution < -0.4 is 5.32 Å². The first kappa shape index (κ1) is 19.0. The van der Waals surface area contributed by atoms with Crippen molar-refractivity contribution in [3.05, 3.63) is 58.3 Å². The first-order valence-electron chi connectivity index (χ1n) is 8.06. The molecule has 1 atom stereocenters. The summed E-state index contributed by atoms with van der Waals surface area (Å²) in [7, 11) is 0. The minimum Gasteiger partial charge on any atom is -0.458 e. The summed E-state index contributed by atoms with van der Waals surface area (Å²) in [6.45, 7) is 5.52. The van der Waals surface area contributed by atoms with Gasteiger partial charge in [-0.05, 0) is 37.8 Å². The Kier molecular flexibility index (Phi) is 6.58. The van der Waals surface area contributed by atoms with E-state index >= 15 is 0 Å². The van der Waals surface area contributed by atoms with E-state index < -0.39 is 23.7 Å². The van der Waals surface area contributed by atoms with Crippen LogP contribution in [0.4, 0.5) is 4.79 Å². The lowest BCUT2D eigenvalue weighted by atomic mass is 10.1. The van der Waals surface area contributed by atoms with Crippen LogP contribution in [0, 0.1) is 0 Å². The maximum absolute atomic E-state index is 12.4. The van der Waals surface area contributed by atoms with Gasteiger partial charge in [0, 0.05) is 11.3 Å². The summed E-state index contributed by atoms with van der Waals surface area (Å²) >= 11 is 1.52. The molecule has 0 aliphatic rings. The normalized spacial score (nSPS) is 12.3. The van der Waals surface area contributed by atoms with E-state index in [-0.39, 0.29) is 6.61 Å². The lowest BCUT2D eigenvalue weighted by Gasteiger charge is -2.24. The molecule has 5 nitrogen and oxygen atoms in total. The summed E-state index contributed by atoms with van der Waals surface area (Å²) in [6.07, 6.45) is -0.274. The third-order valence-corrected chi connectivity index (χ3v) is 4.08. The van der Waals surface area contributed by atoms with E-state index in [0.717, 1.165) is 10.4 Å². The zero-order chi connectivity index (χ0) is 18.3. The van der Waals surface area contributed by atoms with Gasteiger partial charge in [0.2, 0.25) is 0 Å². The van der Waals surface area contributed by atoms with Crippen LogP contribution in [-0.2, 0) is 27.3 Å². The third-order valence-electron chi connectivity index (χ3n) is 3.18. The number of thiophene rings is 1. The van der Waals surface area contributed by atoms with E-state index in [1.807, 2.05) is 47.8 Å². The predicted molar refractivity (Wildman–Crippen MR) is 97.4 cm³/mol. The summed E-state index contributed by atoms with van der Waals surface area (Å²) in [5, 5.41) is 4.54. The van der Waals surface area contributed by atoms with Crippen LogP contribution in [0.5, 0.6) is 0 Å². The van der Waals surface area contributed by atoms with Gasteiger partial charge < -0.3 is 14.8 Å². The van der Waals surface area contributed by atoms with E-state index in [1.165, 1.54) is 11.3 Å². The minimum atomic E-state index is -0.791. The molecule has 0 saturated heterocycles. The summed E-state index contributed by atoms with van der Waals surface area (Å²) in [5.41, 5.74) is 0.255. The number of esters is 1. The first-order chi connectivity index (χ1) is 11.8. The van der Waals surface area contributed by atoms with Crippen molar-refractivity contribution in [3.8, 4) is 0 Å². The van der Waals surface area contributed by atoms with Crippen LogP contribution in [-0.4, -0.2) is 23.7 Å². The van der Waals surface area contributed by atoms with Gasteiger partial charge in [0.05, 0.1) is 0 Å². The van der Waals surface area contributed by atoms with Crippen LogP contribution in [0.1, 0.15) is 31.2 Å². The number of ether oxygens (including phenoxy) is 2. The lowest BCUT2D eigenvalue weighted by molar-refractivity contribution is -0.157. The molecule has 2 rings (SSSR count). The van der Waals surface area contributed by atoms with Crippen LogP contribution in [0.3, 0.4) is 0 Å². The number of rotatable bonds is 6. The minimum absolute atomic E-state index is 0.146. The van der Waals surface area contributed by atoms with Gasteiger partial charge in [-0.3, -0.25) is 0 Å². The van der Waals surface area contributed by atoms with Crippen molar-refractivity contribution in [2.75, 3.05) is 0 Å². The monoisotopic (exact) mass is 361 g/mol. The van der Waals surface area contributed by atoms with Crippen molar-refractivity contribution in [3.63, 3.8) is 0 Å². The summed E-state index contributed by atoms with van der Waals surface area (Å²) in [4.78, 5) is 25.5. The van der Waals surface area contributed by atoms with Crippen LogP contribution in [0.2, 0.25) is 0 Å². The van der Waals surface area contributed by atoms with Crippen molar-refractivity contribution in [2.45, 2.75) is 45.4 Å². The van der Waals surface area contributed by atoms with Crippen LogP contribution in [0.25, 0.3) is 0 Å². The molecular formula is C19H23NO4S. The molecule has 2 aromatic rings. The Labute approximate surface area is 152 Å². The van der Waals surface area contributed by atoms with Gasteiger partial charge in [-0.15, -0.1) is 11.3 Å². The Morgan fingerprint density at radius 1 is 1.12 bits per heavy atom. The molecule has 1 amide bonds. The second-order valence-electron chi connectivity index (χ2n) is 6.58. The van der Waals surface area contributed by atoms with E-state index in [1.54, 1.807) is 20.8 Å². The molecule has 1 N–H and O–H groups in total. The number of nitrogens with one attached hydrogen (secondary N) is 1.